The zero-order chi connectivity index (χ0) is 11.4. The van der Waals surface area contributed by atoms with Gasteiger partial charge in [0.05, 0.1) is 18.5 Å². The van der Waals surface area contributed by atoms with E-state index in [9.17, 15) is 4.79 Å². The number of amides is 1. The molecule has 0 radical (unpaired) electrons. The van der Waals surface area contributed by atoms with Crippen molar-refractivity contribution in [3.8, 4) is 6.07 Å². The average Bonchev–Trinajstić information content (AvgIpc) is 2.73. The minimum absolute atomic E-state index is 0.0215. The zero-order valence-corrected chi connectivity index (χ0v) is 9.54. The van der Waals surface area contributed by atoms with E-state index in [4.69, 9.17) is 5.26 Å². The Labute approximate surface area is 96.4 Å². The van der Waals surface area contributed by atoms with E-state index in [1.165, 1.54) is 25.7 Å². The molecular weight excluding hydrogens is 202 g/mol. The second kappa shape index (κ2) is 5.31. The van der Waals surface area contributed by atoms with Gasteiger partial charge in [-0.05, 0) is 25.2 Å². The summed E-state index contributed by atoms with van der Waals surface area (Å²) in [6.07, 6.45) is 6.45. The summed E-state index contributed by atoms with van der Waals surface area (Å²) < 4.78 is 0. The van der Waals surface area contributed by atoms with Gasteiger partial charge in [-0.3, -0.25) is 4.79 Å². The van der Waals surface area contributed by atoms with Gasteiger partial charge >= 0.3 is 0 Å². The molecule has 0 aromatic heterocycles. The van der Waals surface area contributed by atoms with E-state index < -0.39 is 0 Å². The molecule has 1 saturated heterocycles. The van der Waals surface area contributed by atoms with Crippen LogP contribution in [0.1, 0.15) is 38.5 Å². The van der Waals surface area contributed by atoms with Crippen LogP contribution < -0.4 is 10.6 Å². The van der Waals surface area contributed by atoms with Gasteiger partial charge in [0.25, 0.3) is 0 Å². The Morgan fingerprint density at radius 1 is 1.44 bits per heavy atom. The molecule has 0 aromatic rings. The van der Waals surface area contributed by atoms with Crippen molar-refractivity contribution in [2.75, 3.05) is 6.54 Å². The molecule has 3 unspecified atom stereocenters. The van der Waals surface area contributed by atoms with Crippen LogP contribution in [0.2, 0.25) is 0 Å². The molecule has 1 amide bonds. The molecule has 1 heterocycles. The predicted octanol–water partition coefficient (Wildman–Crippen LogP) is 0.937. The topological polar surface area (TPSA) is 64.9 Å². The van der Waals surface area contributed by atoms with Gasteiger partial charge in [0.1, 0.15) is 0 Å². The largest absolute Gasteiger partial charge is 0.354 e. The summed E-state index contributed by atoms with van der Waals surface area (Å²) in [5, 5.41) is 14.6. The molecule has 88 valence electrons. The van der Waals surface area contributed by atoms with Crippen molar-refractivity contribution >= 4 is 5.91 Å². The van der Waals surface area contributed by atoms with Gasteiger partial charge in [-0.25, -0.2) is 0 Å². The van der Waals surface area contributed by atoms with E-state index >= 15 is 0 Å². The monoisotopic (exact) mass is 221 g/mol. The Morgan fingerprint density at radius 2 is 2.25 bits per heavy atom. The summed E-state index contributed by atoms with van der Waals surface area (Å²) >= 11 is 0. The smallest absolute Gasteiger partial charge is 0.237 e. The summed E-state index contributed by atoms with van der Waals surface area (Å²) in [6.45, 7) is 0.475. The fourth-order valence-electron chi connectivity index (χ4n) is 2.89. The summed E-state index contributed by atoms with van der Waals surface area (Å²) in [5.41, 5.74) is 0. The molecule has 1 saturated carbocycles. The molecule has 2 fully saturated rings. The Morgan fingerprint density at radius 3 is 3.00 bits per heavy atom. The molecule has 2 aliphatic rings. The molecular formula is C12H19N3O. The van der Waals surface area contributed by atoms with Crippen molar-refractivity contribution < 1.29 is 4.79 Å². The highest BCUT2D eigenvalue weighted by Crippen LogP contribution is 2.33. The Kier molecular flexibility index (Phi) is 3.79. The molecule has 1 aliphatic carbocycles. The average molecular weight is 221 g/mol. The van der Waals surface area contributed by atoms with E-state index in [1.54, 1.807) is 0 Å². The number of rotatable bonds is 3. The van der Waals surface area contributed by atoms with Crippen LogP contribution in [0, 0.1) is 17.2 Å². The highest BCUT2D eigenvalue weighted by Gasteiger charge is 2.37. The van der Waals surface area contributed by atoms with E-state index in [0.717, 1.165) is 6.42 Å². The van der Waals surface area contributed by atoms with Gasteiger partial charge in [-0.2, -0.15) is 5.26 Å². The molecule has 4 nitrogen and oxygen atoms in total. The van der Waals surface area contributed by atoms with Crippen molar-refractivity contribution in [2.24, 2.45) is 5.92 Å². The van der Waals surface area contributed by atoms with Crippen LogP contribution in [-0.4, -0.2) is 24.5 Å². The molecule has 0 spiro atoms. The highest BCUT2D eigenvalue weighted by molar-refractivity contribution is 5.82. The van der Waals surface area contributed by atoms with E-state index in [0.29, 0.717) is 24.9 Å². The molecule has 1 aliphatic heterocycles. The standard InChI is InChI=1S/C12H19N3O/c13-6-3-7-14-12(16)11-8-9-4-1-2-5-10(9)15-11/h9-11,15H,1-5,7-8H2,(H,14,16). The lowest BCUT2D eigenvalue weighted by Gasteiger charge is -2.24. The lowest BCUT2D eigenvalue weighted by Crippen LogP contribution is -2.43. The van der Waals surface area contributed by atoms with E-state index in [-0.39, 0.29) is 11.9 Å². The highest BCUT2D eigenvalue weighted by atomic mass is 16.2. The number of carbonyl (C=O) groups is 1. The molecule has 3 atom stereocenters. The van der Waals surface area contributed by atoms with Crippen molar-refractivity contribution in [2.45, 2.75) is 50.6 Å². The number of hydrogen-bond acceptors (Lipinski definition) is 3. The molecule has 0 bridgehead atoms. The van der Waals surface area contributed by atoms with Crippen molar-refractivity contribution in [1.29, 1.82) is 5.26 Å². The number of carbonyl (C=O) groups excluding carboxylic acids is 1. The quantitative estimate of drug-likeness (QED) is 0.697. The van der Waals surface area contributed by atoms with Gasteiger partial charge in [0, 0.05) is 12.6 Å². The van der Waals surface area contributed by atoms with Crippen LogP contribution in [0.5, 0.6) is 0 Å². The summed E-state index contributed by atoms with van der Waals surface area (Å²) in [7, 11) is 0. The van der Waals surface area contributed by atoms with Crippen molar-refractivity contribution in [3.05, 3.63) is 0 Å². The Bertz CT molecular complexity index is 283. The lowest BCUT2D eigenvalue weighted by atomic mass is 9.85. The van der Waals surface area contributed by atoms with Gasteiger partial charge < -0.3 is 10.6 Å². The second-order valence-electron chi connectivity index (χ2n) is 4.81. The van der Waals surface area contributed by atoms with Crippen LogP contribution in [0.4, 0.5) is 0 Å². The summed E-state index contributed by atoms with van der Waals surface area (Å²) in [5.74, 6) is 0.769. The minimum atomic E-state index is -0.0215. The van der Waals surface area contributed by atoms with Crippen LogP contribution in [-0.2, 0) is 4.79 Å². The first-order valence-electron chi connectivity index (χ1n) is 6.22. The van der Waals surface area contributed by atoms with Gasteiger partial charge in [0.15, 0.2) is 0 Å². The van der Waals surface area contributed by atoms with Crippen LogP contribution >= 0.6 is 0 Å². The third-order valence-electron chi connectivity index (χ3n) is 3.72. The third kappa shape index (κ3) is 2.53. The second-order valence-corrected chi connectivity index (χ2v) is 4.81. The van der Waals surface area contributed by atoms with E-state index in [1.807, 2.05) is 6.07 Å². The van der Waals surface area contributed by atoms with Crippen LogP contribution in [0.15, 0.2) is 0 Å². The van der Waals surface area contributed by atoms with Gasteiger partial charge in [-0.1, -0.05) is 12.8 Å². The Balaban J connectivity index is 1.78. The molecule has 16 heavy (non-hydrogen) atoms. The zero-order valence-electron chi connectivity index (χ0n) is 9.54. The van der Waals surface area contributed by atoms with Crippen LogP contribution in [0.3, 0.4) is 0 Å². The molecule has 2 N–H and O–H groups in total. The van der Waals surface area contributed by atoms with Crippen molar-refractivity contribution in [1.82, 2.24) is 10.6 Å². The maximum absolute atomic E-state index is 11.8. The first-order valence-corrected chi connectivity index (χ1v) is 6.22. The number of nitrogens with one attached hydrogen (secondary N) is 2. The maximum Gasteiger partial charge on any atom is 0.237 e. The van der Waals surface area contributed by atoms with Gasteiger partial charge in [0.2, 0.25) is 5.91 Å². The van der Waals surface area contributed by atoms with Crippen molar-refractivity contribution in [3.63, 3.8) is 0 Å². The minimum Gasteiger partial charge on any atom is -0.354 e. The lowest BCUT2D eigenvalue weighted by molar-refractivity contribution is -0.122. The number of fused-ring (bicyclic) bond motifs is 1. The normalized spacial score (nSPS) is 32.8. The number of hydrogen-bond donors (Lipinski definition) is 2. The fourth-order valence-corrected chi connectivity index (χ4v) is 2.89. The molecule has 0 aromatic carbocycles. The number of nitriles is 1. The summed E-state index contributed by atoms with van der Waals surface area (Å²) in [4.78, 5) is 11.8. The first kappa shape index (κ1) is 11.4. The first-order chi connectivity index (χ1) is 7.81. The van der Waals surface area contributed by atoms with Gasteiger partial charge in [-0.15, -0.1) is 0 Å². The Hall–Kier alpha value is -1.08. The third-order valence-corrected chi connectivity index (χ3v) is 3.72. The molecule has 4 heteroatoms. The predicted molar refractivity (Wildman–Crippen MR) is 60.5 cm³/mol. The SMILES string of the molecule is N#CCCNC(=O)C1CC2CCCCC2N1. The summed E-state index contributed by atoms with van der Waals surface area (Å²) in [6, 6.07) is 2.56. The fraction of sp³-hybridized carbons (Fsp3) is 0.833. The maximum atomic E-state index is 11.8. The number of nitrogens with zero attached hydrogens (tertiary/aromatic N) is 1. The van der Waals surface area contributed by atoms with Crippen LogP contribution in [0.25, 0.3) is 0 Å². The van der Waals surface area contributed by atoms with E-state index in [2.05, 4.69) is 10.6 Å². The molecule has 2 rings (SSSR count).